The van der Waals surface area contributed by atoms with E-state index in [0.29, 0.717) is 6.42 Å². The van der Waals surface area contributed by atoms with Crippen molar-refractivity contribution in [3.63, 3.8) is 0 Å². The molecule has 1 heterocycles. The first-order valence-corrected chi connectivity index (χ1v) is 12.3. The average Bonchev–Trinajstić information content (AvgIpc) is 3.26. The Morgan fingerprint density at radius 2 is 1.61 bits per heavy atom. The number of carbonyl (C=O) groups is 5. The standard InChI is InChI=1S/C25H36N6O7/c1-4-12(2)20(25(37)38)30-23(35)18(10-19(27)33)29-24(36)21(13(3)32)31-22(34)16(26)9-14-11-28-17-8-6-5-7-15(14)17/h5-8,11-13,16,18,20-21,28,32H,4,9-10,26H2,1-3H3,(H2,27,33)(H,29,36)(H,30,35)(H,31,34)(H,37,38). The molecule has 1 aromatic carbocycles. The number of hydrogen-bond donors (Lipinski definition) is 8. The minimum absolute atomic E-state index is 0.142. The van der Waals surface area contributed by atoms with Crippen LogP contribution in [0, 0.1) is 5.92 Å². The molecule has 0 saturated carbocycles. The van der Waals surface area contributed by atoms with Crippen molar-refractivity contribution < 1.29 is 34.2 Å². The third-order valence-electron chi connectivity index (χ3n) is 6.33. The van der Waals surface area contributed by atoms with E-state index >= 15 is 0 Å². The second-order valence-corrected chi connectivity index (χ2v) is 9.34. The van der Waals surface area contributed by atoms with Gasteiger partial charge in [-0.15, -0.1) is 0 Å². The molecule has 1 aromatic heterocycles. The van der Waals surface area contributed by atoms with Gasteiger partial charge in [-0.2, -0.15) is 0 Å². The van der Waals surface area contributed by atoms with E-state index in [1.807, 2.05) is 24.3 Å². The number of aliphatic hydroxyl groups is 1. The molecule has 13 nitrogen and oxygen atoms in total. The number of aromatic amines is 1. The van der Waals surface area contributed by atoms with Crippen molar-refractivity contribution in [1.82, 2.24) is 20.9 Å². The minimum Gasteiger partial charge on any atom is -0.480 e. The number of para-hydroxylation sites is 1. The van der Waals surface area contributed by atoms with E-state index in [1.54, 1.807) is 20.0 Å². The van der Waals surface area contributed by atoms with Crippen LogP contribution in [0.3, 0.4) is 0 Å². The van der Waals surface area contributed by atoms with Gasteiger partial charge in [0.1, 0.15) is 18.1 Å². The Hall–Kier alpha value is -3.97. The number of carboxylic acids is 1. The van der Waals surface area contributed by atoms with Gasteiger partial charge in [0.2, 0.25) is 23.6 Å². The first-order chi connectivity index (χ1) is 17.8. The van der Waals surface area contributed by atoms with Gasteiger partial charge in [0, 0.05) is 17.1 Å². The predicted octanol–water partition coefficient (Wildman–Crippen LogP) is -1.12. The molecule has 6 unspecified atom stereocenters. The number of fused-ring (bicyclic) bond motifs is 1. The summed E-state index contributed by atoms with van der Waals surface area (Å²) in [6.07, 6.45) is 0.281. The van der Waals surface area contributed by atoms with Crippen LogP contribution in [-0.4, -0.2) is 75.1 Å². The number of aliphatic hydroxyl groups excluding tert-OH is 1. The molecule has 4 amide bonds. The van der Waals surface area contributed by atoms with Crippen molar-refractivity contribution >= 4 is 40.5 Å². The number of carboxylic acid groups (broad SMARTS) is 1. The van der Waals surface area contributed by atoms with E-state index in [4.69, 9.17) is 11.5 Å². The zero-order valence-electron chi connectivity index (χ0n) is 21.6. The molecule has 38 heavy (non-hydrogen) atoms. The van der Waals surface area contributed by atoms with Gasteiger partial charge in [-0.25, -0.2) is 4.79 Å². The van der Waals surface area contributed by atoms with Gasteiger partial charge in [-0.05, 0) is 30.9 Å². The molecule has 0 aliphatic rings. The maximum Gasteiger partial charge on any atom is 0.326 e. The predicted molar refractivity (Wildman–Crippen MR) is 138 cm³/mol. The Labute approximate surface area is 219 Å². The summed E-state index contributed by atoms with van der Waals surface area (Å²) in [5.41, 5.74) is 12.9. The molecule has 0 aliphatic carbocycles. The Morgan fingerprint density at radius 1 is 0.974 bits per heavy atom. The van der Waals surface area contributed by atoms with Crippen molar-refractivity contribution in [2.24, 2.45) is 17.4 Å². The van der Waals surface area contributed by atoms with E-state index in [0.717, 1.165) is 16.5 Å². The van der Waals surface area contributed by atoms with Crippen LogP contribution in [0.1, 0.15) is 39.2 Å². The fourth-order valence-electron chi connectivity index (χ4n) is 3.90. The summed E-state index contributed by atoms with van der Waals surface area (Å²) in [7, 11) is 0. The number of benzene rings is 1. The number of H-pyrrole nitrogens is 1. The fraction of sp³-hybridized carbons (Fsp3) is 0.480. The molecule has 0 aliphatic heterocycles. The van der Waals surface area contributed by atoms with Crippen molar-refractivity contribution in [2.45, 2.75) is 70.3 Å². The van der Waals surface area contributed by atoms with Crippen molar-refractivity contribution in [2.75, 3.05) is 0 Å². The molecule has 10 N–H and O–H groups in total. The normalized spacial score (nSPS) is 15.9. The quantitative estimate of drug-likeness (QED) is 0.148. The Kier molecular flexibility index (Phi) is 10.8. The summed E-state index contributed by atoms with van der Waals surface area (Å²) >= 11 is 0. The Bertz CT molecular complexity index is 1160. The summed E-state index contributed by atoms with van der Waals surface area (Å²) in [6.45, 7) is 4.62. The second kappa shape index (κ2) is 13.5. The minimum atomic E-state index is -1.54. The maximum atomic E-state index is 13.0. The number of nitrogens with two attached hydrogens (primary N) is 2. The van der Waals surface area contributed by atoms with Gasteiger partial charge < -0.3 is 42.6 Å². The highest BCUT2D eigenvalue weighted by molar-refractivity contribution is 5.96. The number of nitrogens with one attached hydrogen (secondary N) is 4. The van der Waals surface area contributed by atoms with Gasteiger partial charge in [0.25, 0.3) is 0 Å². The zero-order chi connectivity index (χ0) is 28.6. The largest absolute Gasteiger partial charge is 0.480 e. The molecule has 208 valence electrons. The lowest BCUT2D eigenvalue weighted by Gasteiger charge is -2.27. The molecule has 2 aromatic rings. The molecule has 6 atom stereocenters. The Morgan fingerprint density at radius 3 is 2.18 bits per heavy atom. The molecule has 0 radical (unpaired) electrons. The maximum absolute atomic E-state index is 13.0. The molecule has 0 fully saturated rings. The molecular weight excluding hydrogens is 496 g/mol. The SMILES string of the molecule is CCC(C)C(NC(=O)C(CC(N)=O)NC(=O)C(NC(=O)C(N)Cc1c[nH]c2ccccc12)C(C)O)C(=O)O. The average molecular weight is 533 g/mol. The first-order valence-electron chi connectivity index (χ1n) is 12.3. The zero-order valence-corrected chi connectivity index (χ0v) is 21.6. The lowest BCUT2D eigenvalue weighted by Crippen LogP contribution is -2.60. The van der Waals surface area contributed by atoms with Crippen molar-refractivity contribution in [1.29, 1.82) is 0 Å². The van der Waals surface area contributed by atoms with Gasteiger partial charge in [0.15, 0.2) is 0 Å². The summed E-state index contributed by atoms with van der Waals surface area (Å²) in [6, 6.07) is 2.05. The van der Waals surface area contributed by atoms with E-state index in [9.17, 15) is 34.2 Å². The summed E-state index contributed by atoms with van der Waals surface area (Å²) in [5.74, 6) is -5.31. The van der Waals surface area contributed by atoms with Gasteiger partial charge >= 0.3 is 5.97 Å². The highest BCUT2D eigenvalue weighted by Crippen LogP contribution is 2.19. The lowest BCUT2D eigenvalue weighted by molar-refractivity contribution is -0.144. The summed E-state index contributed by atoms with van der Waals surface area (Å²) < 4.78 is 0. The Balaban J connectivity index is 2.12. The van der Waals surface area contributed by atoms with Crippen LogP contribution in [0.25, 0.3) is 10.9 Å². The second-order valence-electron chi connectivity index (χ2n) is 9.34. The fourth-order valence-corrected chi connectivity index (χ4v) is 3.90. The molecule has 0 bridgehead atoms. The molecule has 0 saturated heterocycles. The molecule has 0 spiro atoms. The van der Waals surface area contributed by atoms with Crippen LogP contribution >= 0.6 is 0 Å². The number of aromatic nitrogens is 1. The monoisotopic (exact) mass is 532 g/mol. The van der Waals surface area contributed by atoms with E-state index in [1.165, 1.54) is 6.92 Å². The number of aliphatic carboxylic acids is 1. The molecule has 2 rings (SSSR count). The van der Waals surface area contributed by atoms with Crippen LogP contribution in [0.4, 0.5) is 0 Å². The first kappa shape index (κ1) is 30.3. The topological polar surface area (TPSA) is 230 Å². The van der Waals surface area contributed by atoms with Crippen molar-refractivity contribution in [3.05, 3.63) is 36.0 Å². The molecular formula is C25H36N6O7. The van der Waals surface area contributed by atoms with Crippen molar-refractivity contribution in [3.8, 4) is 0 Å². The third-order valence-corrected chi connectivity index (χ3v) is 6.33. The molecule has 13 heteroatoms. The van der Waals surface area contributed by atoms with Crippen LogP contribution in [0.15, 0.2) is 30.5 Å². The van der Waals surface area contributed by atoms with E-state index < -0.39 is 72.2 Å². The number of rotatable bonds is 14. The summed E-state index contributed by atoms with van der Waals surface area (Å²) in [5, 5.41) is 27.5. The van der Waals surface area contributed by atoms with Crippen LogP contribution in [0.5, 0.6) is 0 Å². The highest BCUT2D eigenvalue weighted by atomic mass is 16.4. The summed E-state index contributed by atoms with van der Waals surface area (Å²) in [4.78, 5) is 64.8. The lowest BCUT2D eigenvalue weighted by atomic mass is 9.98. The van der Waals surface area contributed by atoms with Gasteiger partial charge in [0.05, 0.1) is 18.6 Å². The smallest absolute Gasteiger partial charge is 0.326 e. The van der Waals surface area contributed by atoms with Crippen LogP contribution < -0.4 is 27.4 Å². The number of carbonyl (C=O) groups excluding carboxylic acids is 4. The number of hydrogen-bond acceptors (Lipinski definition) is 7. The van der Waals surface area contributed by atoms with Crippen LogP contribution in [0.2, 0.25) is 0 Å². The van der Waals surface area contributed by atoms with Gasteiger partial charge in [-0.1, -0.05) is 38.5 Å². The van der Waals surface area contributed by atoms with E-state index in [2.05, 4.69) is 20.9 Å². The highest BCUT2D eigenvalue weighted by Gasteiger charge is 2.34. The van der Waals surface area contributed by atoms with E-state index in [-0.39, 0.29) is 6.42 Å². The van der Waals surface area contributed by atoms with Gasteiger partial charge in [-0.3, -0.25) is 19.2 Å². The van der Waals surface area contributed by atoms with Crippen LogP contribution in [-0.2, 0) is 30.4 Å². The number of primary amides is 1. The third kappa shape index (κ3) is 8.02. The number of amides is 4.